The smallest absolute Gasteiger partial charge is 0.408 e. The van der Waals surface area contributed by atoms with Gasteiger partial charge in [-0.1, -0.05) is 23.9 Å². The average Bonchev–Trinajstić information content (AvgIpc) is 3.04. The van der Waals surface area contributed by atoms with Gasteiger partial charge in [-0.3, -0.25) is 9.59 Å². The van der Waals surface area contributed by atoms with Crippen LogP contribution in [0, 0.1) is 0 Å². The summed E-state index contributed by atoms with van der Waals surface area (Å²) in [5, 5.41) is 13.3. The van der Waals surface area contributed by atoms with Gasteiger partial charge in [0.05, 0.1) is 6.54 Å². The lowest BCUT2D eigenvalue weighted by Gasteiger charge is -2.23. The summed E-state index contributed by atoms with van der Waals surface area (Å²) in [7, 11) is 0. The molecule has 330 valence electrons. The third kappa shape index (κ3) is 27.3. The standard InChI is InChI=1S/C41H69N5O11S/c1-38(2,3)54-34(49)43-23-15-13-17-30(45-36(51)56-40(7,8)9)32(47)42-25-26-53-29-21-19-28(20-22-29)27-58-33(48)31(46-37(52)57-41(10,11)12)18-14-16-24-44-35(50)55-39(4,5)6/h19-22,30-31H,13-18,23-27H2,1-12H3,(H,42,47)(H,43,49)(H,44,50)(H,45,51)(H,46,52)/t30-,31?/m1/s1. The molecule has 0 aromatic heterocycles. The van der Waals surface area contributed by atoms with Crippen LogP contribution >= 0.6 is 11.8 Å². The first kappa shape index (κ1) is 51.6. The molecule has 0 heterocycles. The second-order valence-electron chi connectivity index (χ2n) is 17.6. The number of amides is 5. The fourth-order valence-corrected chi connectivity index (χ4v) is 5.66. The molecular formula is C41H69N5O11S. The Bertz CT molecular complexity index is 1460. The highest BCUT2D eigenvalue weighted by atomic mass is 32.2. The summed E-state index contributed by atoms with van der Waals surface area (Å²) in [5.74, 6) is 0.508. The van der Waals surface area contributed by atoms with Crippen LogP contribution < -0.4 is 31.3 Å². The van der Waals surface area contributed by atoms with Crippen molar-refractivity contribution in [2.24, 2.45) is 0 Å². The summed E-state index contributed by atoms with van der Waals surface area (Å²) in [6, 6.07) is 5.51. The van der Waals surface area contributed by atoms with Gasteiger partial charge in [0.25, 0.3) is 0 Å². The van der Waals surface area contributed by atoms with E-state index in [1.54, 1.807) is 95.2 Å². The molecule has 2 atom stereocenters. The molecule has 0 aliphatic heterocycles. The molecule has 16 nitrogen and oxygen atoms in total. The second-order valence-corrected chi connectivity index (χ2v) is 18.6. The Labute approximate surface area is 349 Å². The lowest BCUT2D eigenvalue weighted by Crippen LogP contribution is -2.48. The molecular weight excluding hydrogens is 771 g/mol. The number of ether oxygens (including phenoxy) is 5. The van der Waals surface area contributed by atoms with E-state index in [1.807, 2.05) is 12.1 Å². The minimum Gasteiger partial charge on any atom is -0.492 e. The van der Waals surface area contributed by atoms with E-state index in [-0.39, 0.29) is 18.3 Å². The maximum absolute atomic E-state index is 13.3. The molecule has 0 bridgehead atoms. The van der Waals surface area contributed by atoms with Crippen LogP contribution in [0.15, 0.2) is 24.3 Å². The third-order valence-corrected chi connectivity index (χ3v) is 8.18. The van der Waals surface area contributed by atoms with Crippen LogP contribution in [0.5, 0.6) is 5.75 Å². The Balaban J connectivity index is 2.66. The van der Waals surface area contributed by atoms with Gasteiger partial charge in [0.1, 0.15) is 46.8 Å². The van der Waals surface area contributed by atoms with Crippen molar-refractivity contribution in [2.45, 2.75) is 162 Å². The number of carbonyl (C=O) groups excluding carboxylic acids is 6. The highest BCUT2D eigenvalue weighted by Crippen LogP contribution is 2.21. The van der Waals surface area contributed by atoms with Gasteiger partial charge in [0.15, 0.2) is 0 Å². The van der Waals surface area contributed by atoms with E-state index in [2.05, 4.69) is 26.6 Å². The van der Waals surface area contributed by atoms with Crippen molar-refractivity contribution >= 4 is 47.2 Å². The van der Waals surface area contributed by atoms with Gasteiger partial charge in [-0.05, 0) is 139 Å². The maximum Gasteiger partial charge on any atom is 0.408 e. The zero-order valence-corrected chi connectivity index (χ0v) is 37.5. The van der Waals surface area contributed by atoms with Crippen molar-refractivity contribution < 1.29 is 52.5 Å². The van der Waals surface area contributed by atoms with E-state index >= 15 is 0 Å². The highest BCUT2D eigenvalue weighted by Gasteiger charge is 2.26. The predicted octanol–water partition coefficient (Wildman–Crippen LogP) is 7.12. The Hall–Kier alpha value is -4.41. The van der Waals surface area contributed by atoms with E-state index in [4.69, 9.17) is 23.7 Å². The highest BCUT2D eigenvalue weighted by molar-refractivity contribution is 8.13. The molecule has 0 saturated heterocycles. The lowest BCUT2D eigenvalue weighted by atomic mass is 10.1. The van der Waals surface area contributed by atoms with Gasteiger partial charge < -0.3 is 50.3 Å². The SMILES string of the molecule is CC(C)(C)OC(=O)NCCCCC(NC(=O)OC(C)(C)C)C(=O)SCc1ccc(OCCNC(=O)[C@@H](CCCCNC(=O)OC(C)(C)C)NC(=O)OC(C)(C)C)cc1. The van der Waals surface area contributed by atoms with Crippen LogP contribution in [-0.2, 0) is 34.3 Å². The first-order valence-corrected chi connectivity index (χ1v) is 20.8. The molecule has 17 heteroatoms. The third-order valence-electron chi connectivity index (χ3n) is 7.13. The van der Waals surface area contributed by atoms with Crippen LogP contribution in [0.1, 0.15) is 127 Å². The minimum atomic E-state index is -0.865. The van der Waals surface area contributed by atoms with Gasteiger partial charge >= 0.3 is 24.4 Å². The first-order valence-electron chi connectivity index (χ1n) is 19.8. The van der Waals surface area contributed by atoms with Crippen LogP contribution in [0.25, 0.3) is 0 Å². The zero-order valence-electron chi connectivity index (χ0n) is 36.6. The summed E-state index contributed by atoms with van der Waals surface area (Å²) >= 11 is 1.07. The van der Waals surface area contributed by atoms with Gasteiger partial charge in [0, 0.05) is 18.8 Å². The van der Waals surface area contributed by atoms with Crippen molar-refractivity contribution in [3.8, 4) is 5.75 Å². The largest absolute Gasteiger partial charge is 0.492 e. The van der Waals surface area contributed by atoms with Gasteiger partial charge in [-0.2, -0.15) is 0 Å². The van der Waals surface area contributed by atoms with Crippen molar-refractivity contribution in [2.75, 3.05) is 26.2 Å². The van der Waals surface area contributed by atoms with Gasteiger partial charge in [-0.25, -0.2) is 19.2 Å². The number of nitrogens with one attached hydrogen (secondary N) is 5. The number of rotatable bonds is 20. The molecule has 1 rings (SSSR count). The topological polar surface area (TPSA) is 209 Å². The average molecular weight is 840 g/mol. The van der Waals surface area contributed by atoms with Gasteiger partial charge in [-0.15, -0.1) is 0 Å². The summed E-state index contributed by atoms with van der Waals surface area (Å²) in [4.78, 5) is 75.2. The fourth-order valence-electron chi connectivity index (χ4n) is 4.78. The number of benzene rings is 1. The maximum atomic E-state index is 13.3. The lowest BCUT2D eigenvalue weighted by molar-refractivity contribution is -0.123. The number of alkyl carbamates (subject to hydrolysis) is 4. The van der Waals surface area contributed by atoms with E-state index in [9.17, 15) is 28.8 Å². The summed E-state index contributed by atoms with van der Waals surface area (Å²) in [6.45, 7) is 22.1. The number of hydrogen-bond donors (Lipinski definition) is 5. The van der Waals surface area contributed by atoms with Gasteiger partial charge in [0.2, 0.25) is 11.0 Å². The zero-order chi connectivity index (χ0) is 44.2. The monoisotopic (exact) mass is 839 g/mol. The summed E-state index contributed by atoms with van der Waals surface area (Å²) < 4.78 is 27.0. The molecule has 0 saturated carbocycles. The molecule has 0 aliphatic rings. The van der Waals surface area contributed by atoms with E-state index < -0.39 is 64.8 Å². The van der Waals surface area contributed by atoms with E-state index in [0.717, 1.165) is 17.3 Å². The minimum absolute atomic E-state index is 0.155. The van der Waals surface area contributed by atoms with Crippen molar-refractivity contribution in [3.63, 3.8) is 0 Å². The molecule has 58 heavy (non-hydrogen) atoms. The molecule has 0 aliphatic carbocycles. The van der Waals surface area contributed by atoms with Crippen molar-refractivity contribution in [1.82, 2.24) is 26.6 Å². The van der Waals surface area contributed by atoms with E-state index in [1.165, 1.54) is 0 Å². The Morgan fingerprint density at radius 2 is 0.948 bits per heavy atom. The normalized spacial score (nSPS) is 12.9. The Morgan fingerprint density at radius 3 is 1.40 bits per heavy atom. The second kappa shape index (κ2) is 24.5. The van der Waals surface area contributed by atoms with Crippen LogP contribution in [0.3, 0.4) is 0 Å². The molecule has 5 N–H and O–H groups in total. The molecule has 1 unspecified atom stereocenters. The number of unbranched alkanes of at least 4 members (excludes halogenated alkanes) is 2. The molecule has 1 aromatic rings. The number of thioether (sulfide) groups is 1. The van der Waals surface area contributed by atoms with Crippen LogP contribution in [0.4, 0.5) is 19.2 Å². The summed E-state index contributed by atoms with van der Waals surface area (Å²) in [5.41, 5.74) is -1.84. The first-order chi connectivity index (χ1) is 26.7. The van der Waals surface area contributed by atoms with Crippen LogP contribution in [0.2, 0.25) is 0 Å². The number of hydrogen-bond acceptors (Lipinski definition) is 12. The molecule has 1 aromatic carbocycles. The summed E-state index contributed by atoms with van der Waals surface area (Å²) in [6.07, 6.45) is 0.471. The quantitative estimate of drug-likeness (QED) is 0.0657. The van der Waals surface area contributed by atoms with Crippen LogP contribution in [-0.4, -0.2) is 96.1 Å². The molecule has 5 amide bonds. The molecule has 0 spiro atoms. The predicted molar refractivity (Wildman–Crippen MR) is 224 cm³/mol. The molecule has 0 fully saturated rings. The van der Waals surface area contributed by atoms with Crippen molar-refractivity contribution in [3.05, 3.63) is 29.8 Å². The van der Waals surface area contributed by atoms with Crippen molar-refractivity contribution in [1.29, 1.82) is 0 Å². The molecule has 0 radical (unpaired) electrons. The van der Waals surface area contributed by atoms with E-state index in [0.29, 0.717) is 63.1 Å². The number of carbonyl (C=O) groups is 6. The Kier molecular flexibility index (Phi) is 21.8. The fraction of sp³-hybridized carbons (Fsp3) is 0.707. The Morgan fingerprint density at radius 1 is 0.534 bits per heavy atom.